The van der Waals surface area contributed by atoms with Crippen LogP contribution in [0.3, 0.4) is 0 Å². The van der Waals surface area contributed by atoms with E-state index in [-0.39, 0.29) is 122 Å². The number of nitrogens with one attached hydrogen (secondary N) is 5. The van der Waals surface area contributed by atoms with Gasteiger partial charge >= 0.3 is 17.9 Å². The number of likely N-dealkylation sites (tertiary alicyclic amines) is 1. The molecule has 6 rings (SSSR count). The predicted molar refractivity (Wildman–Crippen MR) is 325 cm³/mol. The SMILES string of the molecule is N#C[C@H]1CC(F)(F)CN1C(=O)CNC(=O)c1ccnc2ccc(OCCCCN3CCN(C(=O)CCN/N=C\C(C/C=N/NCN/N=C/c4ccc(I)cc4)NC(=O)CN4CCN(CC(=O)O)CCN(CC(=O)O)CCN(CC(=O)O)CC4)CC3)cc12. The van der Waals surface area contributed by atoms with Crippen molar-refractivity contribution in [2.75, 3.05) is 144 Å². The number of hydrogen-bond donors (Lipinski definition) is 8. The zero-order valence-corrected chi connectivity index (χ0v) is 50.4. The Hall–Kier alpha value is -7.77. The Morgan fingerprint density at radius 2 is 1.37 bits per heavy atom. The van der Waals surface area contributed by atoms with E-state index in [1.54, 1.807) is 51.4 Å². The number of nitriles is 1. The number of carbonyl (C=O) groups is 7. The topological polar surface area (TPSA) is 346 Å². The third-order valence-corrected chi connectivity index (χ3v) is 15.1. The van der Waals surface area contributed by atoms with E-state index in [0.717, 1.165) is 33.4 Å². The quantitative estimate of drug-likeness (QED) is 0.0144. The summed E-state index contributed by atoms with van der Waals surface area (Å²) in [4.78, 5) is 104. The highest BCUT2D eigenvalue weighted by atomic mass is 127. The molecule has 472 valence electrons. The van der Waals surface area contributed by atoms with Crippen LogP contribution in [0.25, 0.3) is 10.9 Å². The summed E-state index contributed by atoms with van der Waals surface area (Å²) in [5.41, 5.74) is 10.3. The average Bonchev–Trinajstić information content (AvgIpc) is 2.44. The van der Waals surface area contributed by atoms with Gasteiger partial charge in [0.25, 0.3) is 11.8 Å². The van der Waals surface area contributed by atoms with E-state index in [1.807, 2.05) is 34.1 Å². The maximum Gasteiger partial charge on any atom is 0.317 e. The molecule has 3 saturated heterocycles. The lowest BCUT2D eigenvalue weighted by molar-refractivity contribution is -0.140. The number of carboxylic acids is 3. The number of carbonyl (C=O) groups excluding carboxylic acids is 4. The van der Waals surface area contributed by atoms with Gasteiger partial charge in [-0.15, -0.1) is 0 Å². The third-order valence-electron chi connectivity index (χ3n) is 14.4. The van der Waals surface area contributed by atoms with Crippen molar-refractivity contribution in [1.29, 1.82) is 5.26 Å². The molecular weight excluding hydrogens is 1250 g/mol. The number of rotatable bonds is 30. The molecule has 2 atom stereocenters. The fourth-order valence-electron chi connectivity index (χ4n) is 9.76. The Morgan fingerprint density at radius 1 is 0.759 bits per heavy atom. The van der Waals surface area contributed by atoms with E-state index >= 15 is 0 Å². The van der Waals surface area contributed by atoms with Gasteiger partial charge in [0.1, 0.15) is 18.5 Å². The Morgan fingerprint density at radius 3 is 1.99 bits per heavy atom. The summed E-state index contributed by atoms with van der Waals surface area (Å²) in [6, 6.07) is 14.2. The number of ether oxygens (including phenoxy) is 1. The van der Waals surface area contributed by atoms with E-state index in [9.17, 15) is 62.9 Å². The maximum absolute atomic E-state index is 13.9. The third kappa shape index (κ3) is 24.9. The van der Waals surface area contributed by atoms with Crippen molar-refractivity contribution >= 4 is 93.7 Å². The molecule has 4 amide bonds. The van der Waals surface area contributed by atoms with Crippen LogP contribution in [0.2, 0.25) is 0 Å². The van der Waals surface area contributed by atoms with E-state index in [0.29, 0.717) is 49.4 Å². The summed E-state index contributed by atoms with van der Waals surface area (Å²) in [5.74, 6) is -7.67. The van der Waals surface area contributed by atoms with Crippen LogP contribution in [0.1, 0.15) is 48.0 Å². The second-order valence-electron chi connectivity index (χ2n) is 21.0. The minimum atomic E-state index is -3.17. The van der Waals surface area contributed by atoms with Gasteiger partial charge in [-0.3, -0.25) is 73.9 Å². The van der Waals surface area contributed by atoms with E-state index in [4.69, 9.17) is 4.74 Å². The van der Waals surface area contributed by atoms with Crippen molar-refractivity contribution in [1.82, 2.24) is 66.2 Å². The number of benzene rings is 2. The lowest BCUT2D eigenvalue weighted by atomic mass is 10.1. The van der Waals surface area contributed by atoms with Crippen LogP contribution >= 0.6 is 22.6 Å². The van der Waals surface area contributed by atoms with E-state index < -0.39 is 67.2 Å². The first-order valence-corrected chi connectivity index (χ1v) is 29.6. The monoisotopic (exact) mass is 1330 g/mol. The Bertz CT molecular complexity index is 2880. The highest BCUT2D eigenvalue weighted by Gasteiger charge is 2.47. The van der Waals surface area contributed by atoms with Gasteiger partial charge in [-0.2, -0.15) is 20.6 Å². The van der Waals surface area contributed by atoms with Crippen molar-refractivity contribution in [2.45, 2.75) is 50.1 Å². The molecule has 4 heterocycles. The number of hydrogen-bond acceptors (Lipinski definition) is 21. The Kier molecular flexibility index (Phi) is 28.1. The summed E-state index contributed by atoms with van der Waals surface area (Å²) in [6.45, 7) is 3.58. The zero-order chi connectivity index (χ0) is 62.6. The van der Waals surface area contributed by atoms with E-state index in [2.05, 4.69) is 74.7 Å². The second kappa shape index (κ2) is 35.8. The summed E-state index contributed by atoms with van der Waals surface area (Å²) >= 11 is 2.22. The van der Waals surface area contributed by atoms with Crippen LogP contribution in [-0.2, 0) is 28.8 Å². The van der Waals surface area contributed by atoms with Gasteiger partial charge < -0.3 is 45.9 Å². The molecule has 0 spiro atoms. The van der Waals surface area contributed by atoms with Crippen LogP contribution in [0.5, 0.6) is 5.75 Å². The smallest absolute Gasteiger partial charge is 0.317 e. The number of piperazine rings is 1. The van der Waals surface area contributed by atoms with Crippen LogP contribution in [0.15, 0.2) is 70.0 Å². The molecule has 3 aliphatic rings. The van der Waals surface area contributed by atoms with Gasteiger partial charge in [-0.05, 0) is 83.9 Å². The molecule has 2 aromatic carbocycles. The first kappa shape index (κ1) is 68.3. The van der Waals surface area contributed by atoms with Crippen LogP contribution < -0.4 is 31.6 Å². The second-order valence-corrected chi connectivity index (χ2v) is 22.2. The molecule has 3 aromatic rings. The summed E-state index contributed by atoms with van der Waals surface area (Å²) in [5, 5.41) is 56.7. The highest BCUT2D eigenvalue weighted by Crippen LogP contribution is 2.32. The molecule has 1 unspecified atom stereocenters. The summed E-state index contributed by atoms with van der Waals surface area (Å²) in [6.07, 6.45) is 7.37. The summed E-state index contributed by atoms with van der Waals surface area (Å²) < 4.78 is 34.9. The van der Waals surface area contributed by atoms with Crippen molar-refractivity contribution in [2.24, 2.45) is 15.3 Å². The number of alkyl halides is 2. The number of aliphatic carboxylic acids is 3. The van der Waals surface area contributed by atoms with Gasteiger partial charge in [-0.1, -0.05) is 12.1 Å². The average molecular weight is 1330 g/mol. The Balaban J connectivity index is 0.940. The molecule has 28 nitrogen and oxygen atoms in total. The van der Waals surface area contributed by atoms with Crippen molar-refractivity contribution in [3.8, 4) is 11.8 Å². The van der Waals surface area contributed by atoms with Crippen molar-refractivity contribution < 1.29 is 62.4 Å². The molecule has 31 heteroatoms. The molecule has 8 N–H and O–H groups in total. The number of aromatic nitrogens is 1. The number of amides is 4. The van der Waals surface area contributed by atoms with Gasteiger partial charge in [0.05, 0.1) is 75.3 Å². The zero-order valence-electron chi connectivity index (χ0n) is 48.3. The van der Waals surface area contributed by atoms with Crippen LogP contribution in [-0.4, -0.2) is 277 Å². The predicted octanol–water partition coefficient (Wildman–Crippen LogP) is 0.105. The largest absolute Gasteiger partial charge is 0.494 e. The number of unbranched alkanes of at least 4 members (excludes halogenated alkanes) is 1. The minimum absolute atomic E-state index is 0.0410. The van der Waals surface area contributed by atoms with Crippen molar-refractivity contribution in [3.05, 3.63) is 69.4 Å². The first-order chi connectivity index (χ1) is 41.8. The van der Waals surface area contributed by atoms with Crippen molar-refractivity contribution in [3.63, 3.8) is 0 Å². The molecule has 1 aromatic heterocycles. The lowest BCUT2D eigenvalue weighted by Crippen LogP contribution is -2.50. The lowest BCUT2D eigenvalue weighted by Gasteiger charge is -2.34. The first-order valence-electron chi connectivity index (χ1n) is 28.6. The number of fused-ring (bicyclic) bond motifs is 1. The van der Waals surface area contributed by atoms with Gasteiger partial charge in [0, 0.05) is 132 Å². The minimum Gasteiger partial charge on any atom is -0.494 e. The fraction of sp³-hybridized carbons (Fsp3) is 0.536. The van der Waals surface area contributed by atoms with Gasteiger partial charge in [0.15, 0.2) is 0 Å². The molecule has 0 radical (unpaired) electrons. The van der Waals surface area contributed by atoms with E-state index in [1.165, 1.54) is 18.5 Å². The molecule has 0 bridgehead atoms. The van der Waals surface area contributed by atoms with Crippen LogP contribution in [0.4, 0.5) is 8.78 Å². The highest BCUT2D eigenvalue weighted by molar-refractivity contribution is 14.1. The molecule has 87 heavy (non-hydrogen) atoms. The maximum atomic E-state index is 13.9. The summed E-state index contributed by atoms with van der Waals surface area (Å²) in [7, 11) is 0. The normalized spacial score (nSPS) is 18.2. The number of nitrogens with zero attached hydrogens (tertiary/aromatic N) is 12. The Labute approximate surface area is 516 Å². The number of carboxylic acid groups (broad SMARTS) is 3. The molecule has 3 aliphatic heterocycles. The van der Waals surface area contributed by atoms with Gasteiger partial charge in [-0.25, -0.2) is 8.78 Å². The number of halogens is 3. The molecular formula is C56H76F2IN17O11. The number of pyridine rings is 1. The molecule has 3 fully saturated rings. The molecule has 0 saturated carbocycles. The van der Waals surface area contributed by atoms with Gasteiger partial charge in [0.2, 0.25) is 17.7 Å². The number of hydrazone groups is 3. The standard InChI is InChI=1S/C56H76F2IN17O11/c57-56(58)30-44(31-60)76(39-56)51(79)34-62-55(86)46-10-12-61-48-8-7-45(29-47(46)48)87-28-2-1-15-70-24-26-75(27-25-70)50(78)11-14-63-66-33-43(9-13-64-67-40-68-65-32-41-3-5-42(59)6-4-41)69-49(77)35-71-16-18-72(36-52(80)81)20-22-74(38-54(84)85)23-21-73(19-17-71)37-53(82)83/h3-8,10,12-13,29,32-33,43-44,63,67-68H,1-2,9,11,14-28,30,34-40H2,(H,62,86)(H,69,77)(H,80,81)(H,82,83)(H,84,85)/b64-13+,65-32+,66-33-/t43?,44-/m1/s1. The molecule has 0 aliphatic carbocycles. The van der Waals surface area contributed by atoms with Crippen LogP contribution in [0, 0.1) is 14.9 Å². The fourth-order valence-corrected chi connectivity index (χ4v) is 10.1.